The van der Waals surface area contributed by atoms with Crippen LogP contribution in [-0.4, -0.2) is 37.5 Å². The van der Waals surface area contributed by atoms with Gasteiger partial charge in [0.25, 0.3) is 0 Å². The zero-order valence-electron chi connectivity index (χ0n) is 17.0. The van der Waals surface area contributed by atoms with E-state index in [-0.39, 0.29) is 17.6 Å². The number of hydrogen-bond donors (Lipinski definition) is 1. The summed E-state index contributed by atoms with van der Waals surface area (Å²) >= 11 is 0. The van der Waals surface area contributed by atoms with Gasteiger partial charge >= 0.3 is 0 Å². The van der Waals surface area contributed by atoms with Crippen molar-refractivity contribution in [2.75, 3.05) is 18.8 Å². The third kappa shape index (κ3) is 6.41. The van der Waals surface area contributed by atoms with E-state index >= 15 is 0 Å². The van der Waals surface area contributed by atoms with Crippen LogP contribution < -0.4 is 5.32 Å². The molecule has 0 bridgehead atoms. The molecule has 2 aromatic carbocycles. The predicted molar refractivity (Wildman–Crippen MR) is 116 cm³/mol. The topological polar surface area (TPSA) is 66.5 Å². The minimum atomic E-state index is -3.26. The van der Waals surface area contributed by atoms with Gasteiger partial charge < -0.3 is 5.32 Å². The van der Waals surface area contributed by atoms with Crippen molar-refractivity contribution in [1.29, 1.82) is 0 Å². The molecule has 0 saturated carbocycles. The van der Waals surface area contributed by atoms with Gasteiger partial charge in [0.2, 0.25) is 15.9 Å². The highest BCUT2D eigenvalue weighted by atomic mass is 32.2. The van der Waals surface area contributed by atoms with Gasteiger partial charge in [-0.05, 0) is 43.7 Å². The van der Waals surface area contributed by atoms with Gasteiger partial charge in [-0.1, -0.05) is 60.2 Å². The summed E-state index contributed by atoms with van der Waals surface area (Å²) in [6.45, 7) is 3.40. The van der Waals surface area contributed by atoms with Gasteiger partial charge in [-0.2, -0.15) is 0 Å². The normalized spacial score (nSPS) is 15.9. The number of rotatable bonds is 8. The Morgan fingerprint density at radius 1 is 1.03 bits per heavy atom. The number of carbonyl (C=O) groups is 1. The fourth-order valence-corrected chi connectivity index (χ4v) is 5.32. The molecule has 0 aliphatic carbocycles. The third-order valence-electron chi connectivity index (χ3n) is 5.48. The number of hydrogen-bond acceptors (Lipinski definition) is 3. The lowest BCUT2D eigenvalue weighted by Gasteiger charge is -2.30. The molecule has 156 valence electrons. The molecule has 0 aromatic heterocycles. The van der Waals surface area contributed by atoms with Gasteiger partial charge in [0.1, 0.15) is 0 Å². The Balaban J connectivity index is 1.42. The molecule has 0 spiro atoms. The van der Waals surface area contributed by atoms with E-state index in [0.29, 0.717) is 38.9 Å². The second-order valence-corrected chi connectivity index (χ2v) is 9.87. The van der Waals surface area contributed by atoms with E-state index in [1.165, 1.54) is 5.56 Å². The Morgan fingerprint density at radius 3 is 2.41 bits per heavy atom. The lowest BCUT2D eigenvalue weighted by atomic mass is 9.97. The van der Waals surface area contributed by atoms with Crippen LogP contribution in [0, 0.1) is 12.8 Å². The highest BCUT2D eigenvalue weighted by molar-refractivity contribution is 7.89. The van der Waals surface area contributed by atoms with Gasteiger partial charge in [0, 0.05) is 25.6 Å². The summed E-state index contributed by atoms with van der Waals surface area (Å²) in [7, 11) is -3.26. The molecule has 1 aliphatic heterocycles. The summed E-state index contributed by atoms with van der Waals surface area (Å²) in [6.07, 6.45) is 2.54. The zero-order valence-corrected chi connectivity index (χ0v) is 17.8. The number of nitrogens with zero attached hydrogens (tertiary/aromatic N) is 1. The molecule has 0 atom stereocenters. The minimum absolute atomic E-state index is 0.0210. The molecule has 1 amide bonds. The summed E-state index contributed by atoms with van der Waals surface area (Å²) in [6, 6.07) is 18.0. The summed E-state index contributed by atoms with van der Waals surface area (Å²) in [5.74, 6) is 0.0646. The standard InChI is InChI=1S/C23H30N2O3S/c1-19-7-5-10-21(17-19)18-24-23(26)22-12-14-25(15-13-22)29(27,28)16-6-11-20-8-3-2-4-9-20/h2-5,7-10,17,22H,6,11-16,18H2,1H3,(H,24,26). The van der Waals surface area contributed by atoms with Crippen molar-refractivity contribution >= 4 is 15.9 Å². The van der Waals surface area contributed by atoms with E-state index in [9.17, 15) is 13.2 Å². The first-order valence-electron chi connectivity index (χ1n) is 10.3. The van der Waals surface area contributed by atoms with Crippen molar-refractivity contribution in [2.45, 2.75) is 39.2 Å². The molecule has 6 heteroatoms. The second kappa shape index (κ2) is 10.0. The predicted octanol–water partition coefficient (Wildman–Crippen LogP) is 3.29. The number of carbonyl (C=O) groups excluding carboxylic acids is 1. The van der Waals surface area contributed by atoms with Gasteiger partial charge in [-0.15, -0.1) is 0 Å². The summed E-state index contributed by atoms with van der Waals surface area (Å²) in [5.41, 5.74) is 3.41. The summed E-state index contributed by atoms with van der Waals surface area (Å²) < 4.78 is 26.8. The highest BCUT2D eigenvalue weighted by Crippen LogP contribution is 2.21. The summed E-state index contributed by atoms with van der Waals surface area (Å²) in [4.78, 5) is 12.5. The minimum Gasteiger partial charge on any atom is -0.352 e. The van der Waals surface area contributed by atoms with E-state index in [2.05, 4.69) is 11.4 Å². The van der Waals surface area contributed by atoms with Crippen LogP contribution in [0.5, 0.6) is 0 Å². The first-order valence-corrected chi connectivity index (χ1v) is 11.9. The lowest BCUT2D eigenvalue weighted by molar-refractivity contribution is -0.126. The smallest absolute Gasteiger partial charge is 0.223 e. The van der Waals surface area contributed by atoms with E-state index in [1.54, 1.807) is 4.31 Å². The molecule has 1 heterocycles. The third-order valence-corrected chi connectivity index (χ3v) is 7.43. The molecular formula is C23H30N2O3S. The van der Waals surface area contributed by atoms with Crippen LogP contribution in [0.4, 0.5) is 0 Å². The lowest BCUT2D eigenvalue weighted by Crippen LogP contribution is -2.43. The SMILES string of the molecule is Cc1cccc(CNC(=O)C2CCN(S(=O)(=O)CCCc3ccccc3)CC2)c1. The van der Waals surface area contributed by atoms with Crippen LogP contribution in [0.15, 0.2) is 54.6 Å². The van der Waals surface area contributed by atoms with Crippen LogP contribution >= 0.6 is 0 Å². The van der Waals surface area contributed by atoms with Crippen molar-refractivity contribution in [1.82, 2.24) is 9.62 Å². The molecule has 3 rings (SSSR count). The molecule has 1 saturated heterocycles. The monoisotopic (exact) mass is 414 g/mol. The number of aryl methyl sites for hydroxylation is 2. The molecule has 5 nitrogen and oxygen atoms in total. The van der Waals surface area contributed by atoms with E-state index in [0.717, 1.165) is 17.5 Å². The Bertz CT molecular complexity index is 905. The van der Waals surface area contributed by atoms with Crippen molar-refractivity contribution in [3.63, 3.8) is 0 Å². The van der Waals surface area contributed by atoms with Gasteiger partial charge in [0.05, 0.1) is 5.75 Å². The van der Waals surface area contributed by atoms with Crippen LogP contribution in [0.3, 0.4) is 0 Å². The van der Waals surface area contributed by atoms with Gasteiger partial charge in [-0.3, -0.25) is 4.79 Å². The molecule has 29 heavy (non-hydrogen) atoms. The fraction of sp³-hybridized carbons (Fsp3) is 0.435. The Labute approximate surface area is 174 Å². The zero-order chi connectivity index (χ0) is 20.7. The van der Waals surface area contributed by atoms with Crippen molar-refractivity contribution in [3.05, 3.63) is 71.3 Å². The van der Waals surface area contributed by atoms with Crippen LogP contribution in [-0.2, 0) is 27.8 Å². The quantitative estimate of drug-likeness (QED) is 0.721. The van der Waals surface area contributed by atoms with Crippen molar-refractivity contribution in [3.8, 4) is 0 Å². The maximum atomic E-state index is 12.6. The van der Waals surface area contributed by atoms with Gasteiger partial charge in [0.15, 0.2) is 0 Å². The van der Waals surface area contributed by atoms with Crippen molar-refractivity contribution in [2.24, 2.45) is 5.92 Å². The van der Waals surface area contributed by atoms with E-state index in [1.807, 2.05) is 55.5 Å². The van der Waals surface area contributed by atoms with Crippen LogP contribution in [0.2, 0.25) is 0 Å². The Hall–Kier alpha value is -2.18. The largest absolute Gasteiger partial charge is 0.352 e. The number of sulfonamides is 1. The maximum absolute atomic E-state index is 12.6. The molecule has 0 radical (unpaired) electrons. The van der Waals surface area contributed by atoms with Gasteiger partial charge in [-0.25, -0.2) is 12.7 Å². The maximum Gasteiger partial charge on any atom is 0.223 e. The highest BCUT2D eigenvalue weighted by Gasteiger charge is 2.30. The molecular weight excluding hydrogens is 384 g/mol. The average Bonchev–Trinajstić information content (AvgIpc) is 2.73. The van der Waals surface area contributed by atoms with Crippen molar-refractivity contribution < 1.29 is 13.2 Å². The molecule has 0 unspecified atom stereocenters. The van der Waals surface area contributed by atoms with Crippen LogP contribution in [0.1, 0.15) is 36.0 Å². The summed E-state index contributed by atoms with van der Waals surface area (Å²) in [5, 5.41) is 3.00. The Kier molecular flexibility index (Phi) is 7.45. The number of piperidine rings is 1. The molecule has 1 fully saturated rings. The number of amides is 1. The van der Waals surface area contributed by atoms with Crippen LogP contribution in [0.25, 0.3) is 0 Å². The molecule has 1 aliphatic rings. The van der Waals surface area contributed by atoms with E-state index < -0.39 is 10.0 Å². The number of nitrogens with one attached hydrogen (secondary N) is 1. The first kappa shape index (κ1) is 21.5. The fourth-order valence-electron chi connectivity index (χ4n) is 3.78. The molecule has 2 aromatic rings. The molecule has 1 N–H and O–H groups in total. The first-order chi connectivity index (χ1) is 13.9. The average molecular weight is 415 g/mol. The Morgan fingerprint density at radius 2 is 1.72 bits per heavy atom. The van der Waals surface area contributed by atoms with E-state index in [4.69, 9.17) is 0 Å². The number of benzene rings is 2. The second-order valence-electron chi connectivity index (χ2n) is 7.79.